The van der Waals surface area contributed by atoms with Gasteiger partial charge in [0.15, 0.2) is 0 Å². The van der Waals surface area contributed by atoms with Crippen LogP contribution < -0.4 is 33.8 Å². The van der Waals surface area contributed by atoms with Gasteiger partial charge in [0.25, 0.3) is 0 Å². The molecule has 90 heavy (non-hydrogen) atoms. The number of likely N-dealkylation sites (N-methyl/N-ethyl adjacent to an activating group) is 3. The Kier molecular flexibility index (Phi) is 26.1. The molecule has 6 aliphatic heterocycles. The maximum Gasteiger partial charge on any atom is 0.248 e. The number of aliphatic hydroxyl groups is 1. The maximum atomic E-state index is 11.5. The zero-order valence-corrected chi connectivity index (χ0v) is 59.6. The van der Waals surface area contributed by atoms with E-state index in [4.69, 9.17) is 19.3 Å². The van der Waals surface area contributed by atoms with Crippen LogP contribution in [0.1, 0.15) is 138 Å². The molecule has 10 rings (SSSR count). The number of benzene rings is 4. The van der Waals surface area contributed by atoms with Crippen molar-refractivity contribution < 1.29 is 24.1 Å². The Morgan fingerprint density at radius 3 is 1.06 bits per heavy atom. The van der Waals surface area contributed by atoms with Gasteiger partial charge in [-0.05, 0) is 128 Å². The lowest BCUT2D eigenvalue weighted by Crippen LogP contribution is -2.52. The van der Waals surface area contributed by atoms with E-state index in [0.29, 0.717) is 13.1 Å². The Morgan fingerprint density at radius 1 is 0.411 bits per heavy atom. The van der Waals surface area contributed by atoms with E-state index in [1.165, 1.54) is 130 Å². The second kappa shape index (κ2) is 32.5. The number of piperidine rings is 2. The average Bonchev–Trinajstić information content (AvgIpc) is 1.80. The number of anilines is 4. The highest BCUT2D eigenvalue weighted by molar-refractivity contribution is 5.77. The molecular formula is C75H122N10O5. The van der Waals surface area contributed by atoms with Crippen LogP contribution in [0.15, 0.2) is 78.9 Å². The van der Waals surface area contributed by atoms with E-state index in [9.17, 15) is 4.79 Å². The van der Waals surface area contributed by atoms with Crippen molar-refractivity contribution in [1.29, 1.82) is 0 Å². The fourth-order valence-electron chi connectivity index (χ4n) is 13.5. The first-order valence-corrected chi connectivity index (χ1v) is 34.3. The van der Waals surface area contributed by atoms with Gasteiger partial charge in [0.1, 0.15) is 23.9 Å². The van der Waals surface area contributed by atoms with Gasteiger partial charge in [-0.15, -0.1) is 0 Å². The Labute approximate surface area is 546 Å². The molecule has 1 N–H and O–H groups in total. The molecule has 0 radical (unpaired) electrons. The van der Waals surface area contributed by atoms with E-state index < -0.39 is 6.61 Å². The smallest absolute Gasteiger partial charge is 0.248 e. The van der Waals surface area contributed by atoms with Gasteiger partial charge in [-0.3, -0.25) is 14.6 Å². The molecule has 0 aromatic heterocycles. The van der Waals surface area contributed by atoms with Gasteiger partial charge in [0, 0.05) is 184 Å². The predicted octanol–water partition coefficient (Wildman–Crippen LogP) is 11.2. The second-order valence-electron chi connectivity index (χ2n) is 30.4. The van der Waals surface area contributed by atoms with Crippen LogP contribution in [-0.4, -0.2) is 232 Å². The molecule has 6 saturated heterocycles. The van der Waals surface area contributed by atoms with Crippen LogP contribution in [0.5, 0.6) is 17.2 Å². The Morgan fingerprint density at radius 2 is 0.722 bits per heavy atom. The summed E-state index contributed by atoms with van der Waals surface area (Å²) >= 11 is 0. The van der Waals surface area contributed by atoms with Crippen molar-refractivity contribution in [3.63, 3.8) is 0 Å². The molecule has 6 heterocycles. The number of carbonyl (C=O) groups is 1. The van der Waals surface area contributed by atoms with Crippen molar-refractivity contribution in [3.8, 4) is 17.2 Å². The number of aliphatic hydroxyl groups excluding tert-OH is 1. The monoisotopic (exact) mass is 1240 g/mol. The number of rotatable bonds is 11. The van der Waals surface area contributed by atoms with E-state index in [1.807, 2.05) is 0 Å². The van der Waals surface area contributed by atoms with Gasteiger partial charge >= 0.3 is 0 Å². The van der Waals surface area contributed by atoms with Gasteiger partial charge in [0.2, 0.25) is 5.91 Å². The number of nitrogens with zero attached hydrogens (tertiary/aromatic N) is 10. The molecule has 4 aromatic rings. The van der Waals surface area contributed by atoms with Gasteiger partial charge < -0.3 is 58.5 Å². The number of ether oxygens (including phenoxy) is 3. The van der Waals surface area contributed by atoms with E-state index in [-0.39, 0.29) is 27.6 Å². The van der Waals surface area contributed by atoms with Crippen molar-refractivity contribution in [2.45, 2.75) is 149 Å². The quantitative estimate of drug-likeness (QED) is 0.154. The summed E-state index contributed by atoms with van der Waals surface area (Å²) in [6.45, 7) is 51.0. The minimum absolute atomic E-state index is 0.0378. The molecular weight excluding hydrogens is 1120 g/mol. The van der Waals surface area contributed by atoms with E-state index in [1.54, 1.807) is 19.1 Å². The zero-order chi connectivity index (χ0) is 65.6. The second-order valence-corrected chi connectivity index (χ2v) is 30.4. The minimum atomic E-state index is -0.409. The molecule has 0 aliphatic carbocycles. The normalized spacial score (nSPS) is 19.5. The number of hydrogen-bond acceptors (Lipinski definition) is 14. The highest BCUT2D eigenvalue weighted by Gasteiger charge is 2.31. The third kappa shape index (κ3) is 20.4. The largest absolute Gasteiger partial charge is 0.496 e. The molecule has 4 aromatic carbocycles. The highest BCUT2D eigenvalue weighted by atomic mass is 16.5. The van der Waals surface area contributed by atoms with Crippen molar-refractivity contribution in [2.75, 3.05) is 199 Å². The SMILES string of the molecule is CCOc1cc(N2CCN(C)CC2)ccc1C(C)(C)C.CN1CCN(C2CCN(c3ccc(C(C)(C)C)cc3)CC2)CC1.COc1cc(N2CCC(N3CCN(C)CC3)CC2)ccc1C(C)(C)C.COc1cc(N2CCN(C(=O)CO)CC2)ccc1C(C)(C)C. The van der Waals surface area contributed by atoms with Gasteiger partial charge in [-0.25, -0.2) is 0 Å². The summed E-state index contributed by atoms with van der Waals surface area (Å²) in [7, 11) is 10.1. The topological polar surface area (TPSA) is 97.4 Å². The molecule has 6 fully saturated rings. The summed E-state index contributed by atoms with van der Waals surface area (Å²) in [4.78, 5) is 35.7. The number of hydrogen-bond donors (Lipinski definition) is 1. The Balaban J connectivity index is 0.000000171. The first-order chi connectivity index (χ1) is 42.6. The molecule has 0 spiro atoms. The summed E-state index contributed by atoms with van der Waals surface area (Å²) in [5.41, 5.74) is 10.8. The Hall–Kier alpha value is -5.29. The fraction of sp³-hybridized carbons (Fsp3) is 0.667. The molecule has 502 valence electrons. The number of piperazine rings is 4. The first kappa shape index (κ1) is 72.1. The predicted molar refractivity (Wildman–Crippen MR) is 379 cm³/mol. The van der Waals surface area contributed by atoms with Crippen LogP contribution in [0, 0.1) is 0 Å². The molecule has 1 amide bonds. The summed E-state index contributed by atoms with van der Waals surface area (Å²) in [5.74, 6) is 2.77. The average molecular weight is 1240 g/mol. The summed E-state index contributed by atoms with van der Waals surface area (Å²) in [6, 6.07) is 30.6. The van der Waals surface area contributed by atoms with E-state index in [0.717, 1.165) is 94.0 Å². The first-order valence-electron chi connectivity index (χ1n) is 34.3. The minimum Gasteiger partial charge on any atom is -0.496 e. The number of methoxy groups -OCH3 is 2. The molecule has 15 heteroatoms. The van der Waals surface area contributed by atoms with Gasteiger partial charge in [0.05, 0.1) is 20.8 Å². The molecule has 15 nitrogen and oxygen atoms in total. The maximum absolute atomic E-state index is 11.5. The van der Waals surface area contributed by atoms with Crippen LogP contribution in [0.3, 0.4) is 0 Å². The molecule has 6 aliphatic rings. The van der Waals surface area contributed by atoms with Crippen molar-refractivity contribution in [2.24, 2.45) is 0 Å². The molecule has 0 atom stereocenters. The lowest BCUT2D eigenvalue weighted by Gasteiger charge is -2.42. The standard InChI is InChI=1S/C21H35N3O.C20H33N3.C17H26N2O3.C17H28N2O/c1-21(2,3)19-7-6-18(16-20(19)25-5)23-10-8-17(9-11-23)24-14-12-22(4)13-15-24;1-20(2,3)17-5-7-18(8-6-17)22-11-9-19(10-12-22)23-15-13-21(4)14-16-23;1-17(2,3)14-6-5-13(11-15(14)22-4)18-7-9-19(10-8-18)16(21)12-20;1-6-20-16-13-14(7-8-15(16)17(2,3)4)19-11-9-18(5)10-12-19/h6-7,16-17H,8-15H2,1-5H3;5-8,19H,9-16H2,1-4H3;5-6,11,20H,7-10,12H2,1-4H3;7-8,13H,6,9-12H2,1-5H3. The van der Waals surface area contributed by atoms with E-state index in [2.05, 4.69) is 234 Å². The molecule has 0 saturated carbocycles. The third-order valence-electron chi connectivity index (χ3n) is 19.6. The van der Waals surface area contributed by atoms with Crippen molar-refractivity contribution in [3.05, 3.63) is 101 Å². The zero-order valence-electron chi connectivity index (χ0n) is 59.6. The summed E-state index contributed by atoms with van der Waals surface area (Å²) in [5, 5.41) is 8.92. The van der Waals surface area contributed by atoms with Gasteiger partial charge in [-0.2, -0.15) is 0 Å². The molecule has 0 bridgehead atoms. The number of carbonyl (C=O) groups excluding carboxylic acids is 1. The lowest BCUT2D eigenvalue weighted by molar-refractivity contribution is -0.134. The van der Waals surface area contributed by atoms with Crippen LogP contribution >= 0.6 is 0 Å². The lowest BCUT2D eigenvalue weighted by atomic mass is 9.86. The fourth-order valence-corrected chi connectivity index (χ4v) is 13.5. The van der Waals surface area contributed by atoms with Crippen LogP contribution in [-0.2, 0) is 26.5 Å². The van der Waals surface area contributed by atoms with Crippen LogP contribution in [0.25, 0.3) is 0 Å². The van der Waals surface area contributed by atoms with Crippen molar-refractivity contribution in [1.82, 2.24) is 29.4 Å². The Bertz CT molecular complexity index is 2790. The molecule has 0 unspecified atom stereocenters. The van der Waals surface area contributed by atoms with Crippen LogP contribution in [0.4, 0.5) is 22.7 Å². The van der Waals surface area contributed by atoms with E-state index >= 15 is 0 Å². The van der Waals surface area contributed by atoms with Crippen LogP contribution in [0.2, 0.25) is 0 Å². The van der Waals surface area contributed by atoms with Crippen molar-refractivity contribution >= 4 is 28.7 Å². The summed E-state index contributed by atoms with van der Waals surface area (Å²) < 4.78 is 17.1. The summed E-state index contributed by atoms with van der Waals surface area (Å²) in [6.07, 6.45) is 5.16. The van der Waals surface area contributed by atoms with Gasteiger partial charge in [-0.1, -0.05) is 113 Å². The highest BCUT2D eigenvalue weighted by Crippen LogP contribution is 2.38. The third-order valence-corrected chi connectivity index (χ3v) is 19.6. The number of amides is 1.